The Labute approximate surface area is 215 Å². The van der Waals surface area contributed by atoms with Crippen LogP contribution in [0.1, 0.15) is 23.6 Å². The van der Waals surface area contributed by atoms with Crippen LogP contribution in [0, 0.1) is 5.92 Å². The average molecular weight is 502 g/mol. The molecule has 4 aromatic rings. The van der Waals surface area contributed by atoms with E-state index in [2.05, 4.69) is 10.3 Å². The molecule has 0 aliphatic rings. The fraction of sp³-hybridized carbons (Fsp3) is 0.241. The van der Waals surface area contributed by atoms with Crippen LogP contribution in [0.3, 0.4) is 0 Å². The number of rotatable bonds is 12. The van der Waals surface area contributed by atoms with Gasteiger partial charge in [-0.3, -0.25) is 9.59 Å². The van der Waals surface area contributed by atoms with E-state index in [0.717, 1.165) is 27.8 Å². The van der Waals surface area contributed by atoms with Gasteiger partial charge in [0, 0.05) is 36.1 Å². The molecule has 5 N–H and O–H groups in total. The van der Waals surface area contributed by atoms with Crippen molar-refractivity contribution in [3.8, 4) is 17.2 Å². The van der Waals surface area contributed by atoms with Crippen molar-refractivity contribution in [1.29, 1.82) is 0 Å². The van der Waals surface area contributed by atoms with Crippen LogP contribution < -0.4 is 20.5 Å². The van der Waals surface area contributed by atoms with Crippen LogP contribution in [0.15, 0.2) is 79.0 Å². The van der Waals surface area contributed by atoms with Crippen molar-refractivity contribution in [2.75, 3.05) is 20.3 Å². The number of carbonyl (C=O) groups excluding carboxylic acids is 2. The van der Waals surface area contributed by atoms with Crippen molar-refractivity contribution in [2.24, 2.45) is 11.7 Å². The summed E-state index contributed by atoms with van der Waals surface area (Å²) < 4.78 is 11.0. The third-order valence-corrected chi connectivity index (χ3v) is 6.38. The Morgan fingerprint density at radius 3 is 2.54 bits per heavy atom. The first-order valence-electron chi connectivity index (χ1n) is 12.1. The molecule has 0 spiro atoms. The number of hydrogen-bond acceptors (Lipinski definition) is 6. The van der Waals surface area contributed by atoms with Crippen LogP contribution in [-0.2, 0) is 16.0 Å². The van der Waals surface area contributed by atoms with Gasteiger partial charge in [0.25, 0.3) is 0 Å². The molecule has 0 radical (unpaired) electrons. The number of nitrogens with one attached hydrogen (secondary N) is 2. The van der Waals surface area contributed by atoms with Crippen molar-refractivity contribution in [3.05, 3.63) is 90.1 Å². The first-order chi connectivity index (χ1) is 18.0. The molecule has 0 fully saturated rings. The van der Waals surface area contributed by atoms with Crippen LogP contribution in [-0.4, -0.2) is 42.0 Å². The van der Waals surface area contributed by atoms with Gasteiger partial charge >= 0.3 is 0 Å². The first kappa shape index (κ1) is 25.8. The van der Waals surface area contributed by atoms with Crippen molar-refractivity contribution in [2.45, 2.75) is 18.9 Å². The molecule has 1 aromatic heterocycles. The molecule has 1 amide bonds. The quantitative estimate of drug-likeness (QED) is 0.233. The Morgan fingerprint density at radius 2 is 1.76 bits per heavy atom. The third-order valence-electron chi connectivity index (χ3n) is 6.38. The van der Waals surface area contributed by atoms with Crippen molar-refractivity contribution < 1.29 is 24.2 Å². The number of aromatic nitrogens is 1. The highest BCUT2D eigenvalue weighted by Crippen LogP contribution is 2.28. The number of hydrogen-bond donors (Lipinski definition) is 4. The summed E-state index contributed by atoms with van der Waals surface area (Å²) >= 11 is 0. The summed E-state index contributed by atoms with van der Waals surface area (Å²) in [6.07, 6.45) is 2.56. The molecule has 2 unspecified atom stereocenters. The van der Waals surface area contributed by atoms with Crippen molar-refractivity contribution in [3.63, 3.8) is 0 Å². The Kier molecular flexibility index (Phi) is 8.43. The standard InChI is InChI=1S/C29H31N3O5/c1-36-27-9-5-2-6-19(27)10-15-28(35)32-17-24(26(34)18-37-21-13-11-20(33)12-14-21)29(30)23-16-31-25-8-4-3-7-22(23)25/h2-9,11-14,16,24,29,31,33H,10,15,17-18,30H2,1H3,(H,32,35). The zero-order valence-corrected chi connectivity index (χ0v) is 20.6. The van der Waals surface area contributed by atoms with Crippen LogP contribution in [0.5, 0.6) is 17.2 Å². The van der Waals surface area contributed by atoms with E-state index < -0.39 is 12.0 Å². The van der Waals surface area contributed by atoms with Gasteiger partial charge in [-0.05, 0) is 53.9 Å². The molecule has 37 heavy (non-hydrogen) atoms. The maximum Gasteiger partial charge on any atom is 0.220 e. The molecule has 8 heteroatoms. The number of ether oxygens (including phenoxy) is 2. The first-order valence-corrected chi connectivity index (χ1v) is 12.1. The smallest absolute Gasteiger partial charge is 0.220 e. The second-order valence-corrected chi connectivity index (χ2v) is 8.79. The van der Waals surface area contributed by atoms with E-state index in [0.29, 0.717) is 12.2 Å². The summed E-state index contributed by atoms with van der Waals surface area (Å²) in [5, 5.41) is 13.3. The van der Waals surface area contributed by atoms with Gasteiger partial charge in [-0.25, -0.2) is 0 Å². The molecule has 0 aliphatic heterocycles. The van der Waals surface area contributed by atoms with Crippen LogP contribution in [0.2, 0.25) is 0 Å². The van der Waals surface area contributed by atoms with E-state index in [4.69, 9.17) is 15.2 Å². The van der Waals surface area contributed by atoms with Crippen molar-refractivity contribution in [1.82, 2.24) is 10.3 Å². The number of nitrogens with two attached hydrogens (primary N) is 1. The topological polar surface area (TPSA) is 127 Å². The molecule has 4 rings (SSSR count). The lowest BCUT2D eigenvalue weighted by atomic mass is 9.90. The predicted octanol–water partition coefficient (Wildman–Crippen LogP) is 3.90. The van der Waals surface area contributed by atoms with Gasteiger partial charge in [-0.1, -0.05) is 36.4 Å². The lowest BCUT2D eigenvalue weighted by Crippen LogP contribution is -2.40. The zero-order chi connectivity index (χ0) is 26.2. The number of aromatic amines is 1. The Morgan fingerprint density at radius 1 is 1.03 bits per heavy atom. The number of phenolic OH excluding ortho intramolecular Hbond substituents is 1. The summed E-state index contributed by atoms with van der Waals surface area (Å²) in [5.41, 5.74) is 9.28. The zero-order valence-electron chi connectivity index (χ0n) is 20.6. The second-order valence-electron chi connectivity index (χ2n) is 8.79. The van der Waals surface area contributed by atoms with E-state index in [1.165, 1.54) is 12.1 Å². The van der Waals surface area contributed by atoms with E-state index in [1.807, 2.05) is 48.5 Å². The van der Waals surface area contributed by atoms with E-state index in [9.17, 15) is 14.7 Å². The summed E-state index contributed by atoms with van der Waals surface area (Å²) in [6.45, 7) is -0.147. The SMILES string of the molecule is COc1ccccc1CCC(=O)NCC(C(=O)COc1ccc(O)cc1)C(N)c1c[nH]c2ccccc12. The van der Waals surface area contributed by atoms with Gasteiger partial charge in [0.15, 0.2) is 5.78 Å². The van der Waals surface area contributed by atoms with Crippen LogP contribution in [0.4, 0.5) is 0 Å². The van der Waals surface area contributed by atoms with Crippen LogP contribution >= 0.6 is 0 Å². The number of Topliss-reactive ketones (excluding diaryl/α,β-unsaturated/α-hetero) is 1. The second kappa shape index (κ2) is 12.1. The van der Waals surface area contributed by atoms with E-state index >= 15 is 0 Å². The monoisotopic (exact) mass is 501 g/mol. The van der Waals surface area contributed by atoms with Crippen LogP contribution in [0.25, 0.3) is 10.9 Å². The maximum absolute atomic E-state index is 13.3. The summed E-state index contributed by atoms with van der Waals surface area (Å²) in [5.74, 6) is 0.146. The number of fused-ring (bicyclic) bond motifs is 1. The number of aromatic hydroxyl groups is 1. The number of H-pyrrole nitrogens is 1. The maximum atomic E-state index is 13.3. The molecule has 1 heterocycles. The van der Waals surface area contributed by atoms with Gasteiger partial charge in [0.2, 0.25) is 5.91 Å². The predicted molar refractivity (Wildman–Crippen MR) is 142 cm³/mol. The summed E-state index contributed by atoms with van der Waals surface area (Å²) in [4.78, 5) is 29.2. The minimum absolute atomic E-state index is 0.0726. The number of phenols is 1. The number of ketones is 1. The summed E-state index contributed by atoms with van der Waals surface area (Å²) in [7, 11) is 1.60. The fourth-order valence-corrected chi connectivity index (χ4v) is 4.30. The molecule has 3 aromatic carbocycles. The number of methoxy groups -OCH3 is 1. The van der Waals surface area contributed by atoms with E-state index in [1.54, 1.807) is 25.4 Å². The highest BCUT2D eigenvalue weighted by atomic mass is 16.5. The molecule has 2 atom stereocenters. The number of carbonyl (C=O) groups is 2. The molecule has 0 saturated heterocycles. The minimum Gasteiger partial charge on any atom is -0.508 e. The van der Waals surface area contributed by atoms with Gasteiger partial charge in [-0.15, -0.1) is 0 Å². The highest BCUT2D eigenvalue weighted by molar-refractivity contribution is 5.88. The van der Waals surface area contributed by atoms with Crippen molar-refractivity contribution >= 4 is 22.6 Å². The minimum atomic E-state index is -0.716. The molecule has 0 bridgehead atoms. The molecular weight excluding hydrogens is 470 g/mol. The largest absolute Gasteiger partial charge is 0.508 e. The average Bonchev–Trinajstić information content (AvgIpc) is 3.36. The van der Waals surface area contributed by atoms with E-state index in [-0.39, 0.29) is 37.0 Å². The molecule has 0 saturated carbocycles. The Hall–Kier alpha value is -4.30. The molecule has 0 aliphatic carbocycles. The molecule has 192 valence electrons. The number of para-hydroxylation sites is 2. The third kappa shape index (κ3) is 6.48. The lowest BCUT2D eigenvalue weighted by molar-refractivity contribution is -0.126. The highest BCUT2D eigenvalue weighted by Gasteiger charge is 2.29. The van der Waals surface area contributed by atoms with Gasteiger partial charge < -0.3 is 30.6 Å². The molecular formula is C29H31N3O5. The fourth-order valence-electron chi connectivity index (χ4n) is 4.30. The number of aryl methyl sites for hydroxylation is 1. The lowest BCUT2D eigenvalue weighted by Gasteiger charge is -2.23. The Balaban J connectivity index is 1.45. The van der Waals surface area contributed by atoms with Gasteiger partial charge in [0.1, 0.15) is 23.9 Å². The number of amides is 1. The Bertz CT molecular complexity index is 1350. The molecule has 8 nitrogen and oxygen atoms in total. The number of benzene rings is 3. The summed E-state index contributed by atoms with van der Waals surface area (Å²) in [6, 6.07) is 20.7. The normalized spacial score (nSPS) is 12.6. The van der Waals surface area contributed by atoms with Gasteiger partial charge in [-0.2, -0.15) is 0 Å². The van der Waals surface area contributed by atoms with Gasteiger partial charge in [0.05, 0.1) is 13.0 Å².